The predicted octanol–water partition coefficient (Wildman–Crippen LogP) is 2.46. The molecule has 0 amide bonds. The molecule has 22 heavy (non-hydrogen) atoms. The van der Waals surface area contributed by atoms with Crippen LogP contribution in [0.5, 0.6) is 34.5 Å². The van der Waals surface area contributed by atoms with E-state index in [1.54, 1.807) is 0 Å². The first-order valence-electron chi connectivity index (χ1n) is 5.58. The zero-order chi connectivity index (χ0) is 16.8. The molecule has 7 nitrogen and oxygen atoms in total. The SMILES string of the molecule is O=C(c1c(Cl)cc(O)c(O)c1O)c1c(Cl)cc(O)c(O)c1O. The summed E-state index contributed by atoms with van der Waals surface area (Å²) in [6.07, 6.45) is 0. The summed E-state index contributed by atoms with van der Waals surface area (Å²) in [5, 5.41) is 56.1. The Morgan fingerprint density at radius 2 is 1.00 bits per heavy atom. The van der Waals surface area contributed by atoms with Crippen LogP contribution in [0.2, 0.25) is 10.0 Å². The van der Waals surface area contributed by atoms with Gasteiger partial charge in [0.25, 0.3) is 0 Å². The second-order valence-electron chi connectivity index (χ2n) is 4.23. The number of phenolic OH excluding ortho intramolecular Hbond substituents is 6. The molecule has 116 valence electrons. The van der Waals surface area contributed by atoms with E-state index in [9.17, 15) is 35.4 Å². The number of ketones is 1. The molecule has 0 aliphatic heterocycles. The van der Waals surface area contributed by atoms with E-state index in [0.717, 1.165) is 12.1 Å². The molecule has 0 spiro atoms. The van der Waals surface area contributed by atoms with Crippen LogP contribution in [0.4, 0.5) is 0 Å². The highest BCUT2D eigenvalue weighted by atomic mass is 35.5. The molecule has 2 aromatic rings. The van der Waals surface area contributed by atoms with Crippen molar-refractivity contribution in [2.75, 3.05) is 0 Å². The van der Waals surface area contributed by atoms with Crippen LogP contribution in [0, 0.1) is 0 Å². The summed E-state index contributed by atoms with van der Waals surface area (Å²) in [6, 6.07) is 1.60. The Kier molecular flexibility index (Phi) is 3.87. The van der Waals surface area contributed by atoms with Gasteiger partial charge in [0.1, 0.15) is 0 Å². The van der Waals surface area contributed by atoms with Crippen molar-refractivity contribution in [1.82, 2.24) is 0 Å². The zero-order valence-corrected chi connectivity index (χ0v) is 12.0. The van der Waals surface area contributed by atoms with Gasteiger partial charge in [-0.25, -0.2) is 0 Å². The minimum atomic E-state index is -1.14. The van der Waals surface area contributed by atoms with Gasteiger partial charge >= 0.3 is 0 Å². The van der Waals surface area contributed by atoms with Crippen molar-refractivity contribution in [2.45, 2.75) is 0 Å². The van der Waals surface area contributed by atoms with Crippen LogP contribution in [0.3, 0.4) is 0 Å². The number of rotatable bonds is 2. The summed E-state index contributed by atoms with van der Waals surface area (Å²) < 4.78 is 0. The first-order chi connectivity index (χ1) is 10.2. The average molecular weight is 347 g/mol. The fraction of sp³-hybridized carbons (Fsp3) is 0. The Labute approximate surface area is 132 Å². The molecular weight excluding hydrogens is 339 g/mol. The zero-order valence-electron chi connectivity index (χ0n) is 10.5. The third kappa shape index (κ3) is 2.30. The molecule has 2 rings (SSSR count). The van der Waals surface area contributed by atoms with Crippen molar-refractivity contribution in [2.24, 2.45) is 0 Å². The van der Waals surface area contributed by atoms with E-state index in [0.29, 0.717) is 0 Å². The molecule has 0 saturated carbocycles. The van der Waals surface area contributed by atoms with Gasteiger partial charge in [0.15, 0.2) is 23.0 Å². The Bertz CT molecular complexity index is 736. The molecule has 0 saturated heterocycles. The molecule has 0 heterocycles. The molecule has 0 fully saturated rings. The molecule has 2 aromatic carbocycles. The van der Waals surface area contributed by atoms with Crippen LogP contribution in [0.25, 0.3) is 0 Å². The highest BCUT2D eigenvalue weighted by Crippen LogP contribution is 2.46. The van der Waals surface area contributed by atoms with Crippen molar-refractivity contribution in [1.29, 1.82) is 0 Å². The number of halogens is 2. The van der Waals surface area contributed by atoms with Crippen LogP contribution in [0.15, 0.2) is 12.1 Å². The van der Waals surface area contributed by atoms with E-state index in [-0.39, 0.29) is 0 Å². The molecule has 6 N–H and O–H groups in total. The fourth-order valence-electron chi connectivity index (χ4n) is 1.78. The molecule has 0 bridgehead atoms. The minimum Gasteiger partial charge on any atom is -0.504 e. The summed E-state index contributed by atoms with van der Waals surface area (Å²) in [5.74, 6) is -6.71. The van der Waals surface area contributed by atoms with Crippen molar-refractivity contribution < 1.29 is 35.4 Å². The van der Waals surface area contributed by atoms with Gasteiger partial charge in [0, 0.05) is 12.1 Å². The van der Waals surface area contributed by atoms with Gasteiger partial charge in [0.2, 0.25) is 17.3 Å². The first kappa shape index (κ1) is 15.9. The monoisotopic (exact) mass is 346 g/mol. The lowest BCUT2D eigenvalue weighted by atomic mass is 10.00. The van der Waals surface area contributed by atoms with Crippen LogP contribution in [-0.4, -0.2) is 36.4 Å². The highest BCUT2D eigenvalue weighted by molar-refractivity contribution is 6.39. The maximum absolute atomic E-state index is 12.4. The largest absolute Gasteiger partial charge is 0.504 e. The summed E-state index contributed by atoms with van der Waals surface area (Å²) >= 11 is 11.5. The standard InChI is InChI=1S/C13H8Cl2O7/c14-3-1-5(16)9(18)12(21)7(3)11(20)8-4(15)2-6(17)10(19)13(8)22/h1-2,16-19,21-22H. The van der Waals surface area contributed by atoms with Gasteiger partial charge in [-0.2, -0.15) is 0 Å². The van der Waals surface area contributed by atoms with Gasteiger partial charge in [-0.15, -0.1) is 0 Å². The predicted molar refractivity (Wildman–Crippen MR) is 76.3 cm³/mol. The van der Waals surface area contributed by atoms with Crippen LogP contribution >= 0.6 is 23.2 Å². The molecule has 0 aliphatic carbocycles. The highest BCUT2D eigenvalue weighted by Gasteiger charge is 2.29. The Morgan fingerprint density at radius 1 is 0.682 bits per heavy atom. The van der Waals surface area contributed by atoms with Crippen molar-refractivity contribution >= 4 is 29.0 Å². The Balaban J connectivity index is 2.75. The van der Waals surface area contributed by atoms with Crippen LogP contribution < -0.4 is 0 Å². The number of carbonyl (C=O) groups is 1. The molecule has 0 radical (unpaired) electrons. The van der Waals surface area contributed by atoms with Gasteiger partial charge < -0.3 is 30.6 Å². The second-order valence-corrected chi connectivity index (χ2v) is 5.04. The van der Waals surface area contributed by atoms with Crippen molar-refractivity contribution in [3.8, 4) is 34.5 Å². The van der Waals surface area contributed by atoms with E-state index in [1.807, 2.05) is 0 Å². The number of aromatic hydroxyl groups is 6. The fourth-order valence-corrected chi connectivity index (χ4v) is 2.34. The lowest BCUT2D eigenvalue weighted by Gasteiger charge is -2.12. The summed E-state index contributed by atoms with van der Waals surface area (Å²) in [7, 11) is 0. The third-order valence-corrected chi connectivity index (χ3v) is 3.46. The van der Waals surface area contributed by atoms with E-state index < -0.39 is 61.5 Å². The van der Waals surface area contributed by atoms with Crippen molar-refractivity contribution in [3.05, 3.63) is 33.3 Å². The number of phenols is 6. The first-order valence-corrected chi connectivity index (χ1v) is 6.33. The lowest BCUT2D eigenvalue weighted by molar-refractivity contribution is 0.103. The van der Waals surface area contributed by atoms with Gasteiger partial charge in [-0.1, -0.05) is 23.2 Å². The van der Waals surface area contributed by atoms with Crippen LogP contribution in [0.1, 0.15) is 15.9 Å². The molecular formula is C13H8Cl2O7. The normalized spacial score (nSPS) is 10.6. The topological polar surface area (TPSA) is 138 Å². The number of benzene rings is 2. The molecule has 0 unspecified atom stereocenters. The van der Waals surface area contributed by atoms with E-state index in [4.69, 9.17) is 23.2 Å². The number of carbonyl (C=O) groups excluding carboxylic acids is 1. The summed E-state index contributed by atoms with van der Waals surface area (Å²) in [6.45, 7) is 0. The van der Waals surface area contributed by atoms with Crippen LogP contribution in [-0.2, 0) is 0 Å². The maximum atomic E-state index is 12.4. The van der Waals surface area contributed by atoms with Gasteiger partial charge in [0.05, 0.1) is 21.2 Å². The molecule has 0 aliphatic rings. The molecule has 9 heteroatoms. The average Bonchev–Trinajstić information content (AvgIpc) is 2.42. The van der Waals surface area contributed by atoms with Gasteiger partial charge in [-0.3, -0.25) is 4.79 Å². The number of hydrogen-bond acceptors (Lipinski definition) is 7. The van der Waals surface area contributed by atoms with E-state index in [2.05, 4.69) is 0 Å². The lowest BCUT2D eigenvalue weighted by Crippen LogP contribution is -2.05. The molecule has 0 atom stereocenters. The third-order valence-electron chi connectivity index (χ3n) is 2.87. The minimum absolute atomic E-state index is 0.430. The van der Waals surface area contributed by atoms with E-state index >= 15 is 0 Å². The quantitative estimate of drug-likeness (QED) is 0.362. The van der Waals surface area contributed by atoms with Crippen molar-refractivity contribution in [3.63, 3.8) is 0 Å². The smallest absolute Gasteiger partial charge is 0.203 e. The van der Waals surface area contributed by atoms with E-state index in [1.165, 1.54) is 0 Å². The maximum Gasteiger partial charge on any atom is 0.203 e. The Morgan fingerprint density at radius 3 is 1.32 bits per heavy atom. The molecule has 0 aromatic heterocycles. The van der Waals surface area contributed by atoms with Gasteiger partial charge in [-0.05, 0) is 0 Å². The summed E-state index contributed by atoms with van der Waals surface area (Å²) in [4.78, 5) is 12.4. The summed E-state index contributed by atoms with van der Waals surface area (Å²) in [5.41, 5.74) is -1.31. The Hall–Kier alpha value is -2.51. The second kappa shape index (κ2) is 5.36. The number of hydrogen-bond donors (Lipinski definition) is 6.